The Balaban J connectivity index is 1.82. The Bertz CT molecular complexity index is 628. The Morgan fingerprint density at radius 2 is 2.10 bits per heavy atom. The van der Waals surface area contributed by atoms with Gasteiger partial charge in [0.25, 0.3) is 5.91 Å². The predicted octanol–water partition coefficient (Wildman–Crippen LogP) is 2.12. The van der Waals surface area contributed by atoms with Crippen molar-refractivity contribution in [3.63, 3.8) is 0 Å². The number of nitrogens with zero attached hydrogens (tertiary/aromatic N) is 1. The van der Waals surface area contributed by atoms with Gasteiger partial charge in [0.15, 0.2) is 0 Å². The number of hydrogen-bond donors (Lipinski definition) is 2. The molecule has 1 aromatic heterocycles. The van der Waals surface area contributed by atoms with Crippen molar-refractivity contribution in [2.75, 3.05) is 11.9 Å². The summed E-state index contributed by atoms with van der Waals surface area (Å²) in [5.74, 6) is 0.521. The summed E-state index contributed by atoms with van der Waals surface area (Å²) in [5, 5.41) is 2.81. The number of nitrogens with two attached hydrogens (primary N) is 1. The Morgan fingerprint density at radius 1 is 1.30 bits per heavy atom. The quantitative estimate of drug-likeness (QED) is 0.875. The SMILES string of the molecule is N[C@H]1CCOc2cc(C(=O)Nc3ccncc3)ccc21. The van der Waals surface area contributed by atoms with E-state index in [-0.39, 0.29) is 11.9 Å². The summed E-state index contributed by atoms with van der Waals surface area (Å²) < 4.78 is 5.56. The van der Waals surface area contributed by atoms with Crippen LogP contribution in [0.15, 0.2) is 42.7 Å². The van der Waals surface area contributed by atoms with E-state index in [2.05, 4.69) is 10.3 Å². The molecule has 2 aromatic rings. The van der Waals surface area contributed by atoms with Crippen molar-refractivity contribution < 1.29 is 9.53 Å². The summed E-state index contributed by atoms with van der Waals surface area (Å²) in [5.41, 5.74) is 8.22. The predicted molar refractivity (Wildman–Crippen MR) is 75.7 cm³/mol. The van der Waals surface area contributed by atoms with E-state index in [0.717, 1.165) is 12.0 Å². The molecular formula is C15H15N3O2. The van der Waals surface area contributed by atoms with Gasteiger partial charge in [-0.3, -0.25) is 9.78 Å². The van der Waals surface area contributed by atoms with Gasteiger partial charge in [0.1, 0.15) is 5.75 Å². The van der Waals surface area contributed by atoms with Crippen molar-refractivity contribution in [3.8, 4) is 5.75 Å². The Kier molecular flexibility index (Phi) is 3.35. The van der Waals surface area contributed by atoms with Crippen LogP contribution in [-0.4, -0.2) is 17.5 Å². The molecule has 0 saturated heterocycles. The number of rotatable bonds is 2. The van der Waals surface area contributed by atoms with E-state index < -0.39 is 0 Å². The van der Waals surface area contributed by atoms with Gasteiger partial charge in [0.05, 0.1) is 6.61 Å². The molecule has 0 saturated carbocycles. The molecule has 20 heavy (non-hydrogen) atoms. The minimum Gasteiger partial charge on any atom is -0.493 e. The van der Waals surface area contributed by atoms with Crippen LogP contribution < -0.4 is 15.8 Å². The fourth-order valence-electron chi connectivity index (χ4n) is 2.20. The van der Waals surface area contributed by atoms with Gasteiger partial charge < -0.3 is 15.8 Å². The molecule has 0 radical (unpaired) electrons. The summed E-state index contributed by atoms with van der Waals surface area (Å²) in [6.45, 7) is 0.587. The van der Waals surface area contributed by atoms with Crippen molar-refractivity contribution >= 4 is 11.6 Å². The van der Waals surface area contributed by atoms with Gasteiger partial charge >= 0.3 is 0 Å². The Labute approximate surface area is 116 Å². The summed E-state index contributed by atoms with van der Waals surface area (Å²) in [7, 11) is 0. The summed E-state index contributed by atoms with van der Waals surface area (Å²) in [6.07, 6.45) is 4.06. The monoisotopic (exact) mass is 269 g/mol. The number of pyridine rings is 1. The number of ether oxygens (including phenoxy) is 1. The lowest BCUT2D eigenvalue weighted by Gasteiger charge is -2.23. The number of benzene rings is 1. The summed E-state index contributed by atoms with van der Waals surface area (Å²) in [4.78, 5) is 16.1. The molecule has 0 unspecified atom stereocenters. The number of amides is 1. The largest absolute Gasteiger partial charge is 0.493 e. The maximum absolute atomic E-state index is 12.2. The normalized spacial score (nSPS) is 16.9. The third-order valence-electron chi connectivity index (χ3n) is 3.30. The highest BCUT2D eigenvalue weighted by atomic mass is 16.5. The smallest absolute Gasteiger partial charge is 0.255 e. The first-order valence-electron chi connectivity index (χ1n) is 6.48. The van der Waals surface area contributed by atoms with Gasteiger partial charge in [-0.05, 0) is 24.3 Å². The number of hydrogen-bond acceptors (Lipinski definition) is 4. The van der Waals surface area contributed by atoms with Gasteiger partial charge in [-0.1, -0.05) is 6.07 Å². The van der Waals surface area contributed by atoms with Crippen LogP contribution >= 0.6 is 0 Å². The van der Waals surface area contributed by atoms with Crippen LogP contribution in [0.5, 0.6) is 5.75 Å². The van der Waals surface area contributed by atoms with E-state index in [9.17, 15) is 4.79 Å². The van der Waals surface area contributed by atoms with E-state index in [1.165, 1.54) is 0 Å². The van der Waals surface area contributed by atoms with Crippen molar-refractivity contribution in [2.45, 2.75) is 12.5 Å². The molecule has 1 aliphatic heterocycles. The van der Waals surface area contributed by atoms with Crippen LogP contribution in [0.2, 0.25) is 0 Å². The van der Waals surface area contributed by atoms with Gasteiger partial charge in [-0.2, -0.15) is 0 Å². The zero-order valence-electron chi connectivity index (χ0n) is 10.9. The minimum absolute atomic E-state index is 0.0175. The van der Waals surface area contributed by atoms with Gasteiger partial charge in [0, 0.05) is 41.7 Å². The lowest BCUT2D eigenvalue weighted by atomic mass is 9.99. The maximum Gasteiger partial charge on any atom is 0.255 e. The van der Waals surface area contributed by atoms with Crippen LogP contribution in [0, 0.1) is 0 Å². The van der Waals surface area contributed by atoms with Crippen molar-refractivity contribution in [3.05, 3.63) is 53.9 Å². The fraction of sp³-hybridized carbons (Fsp3) is 0.200. The second-order valence-electron chi connectivity index (χ2n) is 4.69. The topological polar surface area (TPSA) is 77.2 Å². The highest BCUT2D eigenvalue weighted by Crippen LogP contribution is 2.31. The molecule has 5 heteroatoms. The zero-order chi connectivity index (χ0) is 13.9. The van der Waals surface area contributed by atoms with Gasteiger partial charge in [0.2, 0.25) is 0 Å². The molecule has 0 spiro atoms. The van der Waals surface area contributed by atoms with Crippen LogP contribution in [0.1, 0.15) is 28.4 Å². The third kappa shape index (κ3) is 2.48. The number of carbonyl (C=O) groups is 1. The summed E-state index contributed by atoms with van der Waals surface area (Å²) in [6, 6.07) is 8.83. The molecule has 1 aromatic carbocycles. The standard InChI is InChI=1S/C15H15N3O2/c16-13-5-8-20-14-9-10(1-2-12(13)14)15(19)18-11-3-6-17-7-4-11/h1-4,6-7,9,13H,5,8,16H2,(H,17,18,19)/t13-/m0/s1. The van der Waals surface area contributed by atoms with Crippen LogP contribution in [0.4, 0.5) is 5.69 Å². The fourth-order valence-corrected chi connectivity index (χ4v) is 2.20. The van der Waals surface area contributed by atoms with Crippen LogP contribution in [0.3, 0.4) is 0 Å². The van der Waals surface area contributed by atoms with Crippen LogP contribution in [-0.2, 0) is 0 Å². The molecule has 5 nitrogen and oxygen atoms in total. The molecule has 1 amide bonds. The number of carbonyl (C=O) groups excluding carboxylic acids is 1. The first kappa shape index (κ1) is 12.6. The molecule has 0 fully saturated rings. The zero-order valence-corrected chi connectivity index (χ0v) is 10.9. The first-order valence-corrected chi connectivity index (χ1v) is 6.48. The molecule has 102 valence electrons. The highest BCUT2D eigenvalue weighted by Gasteiger charge is 2.19. The van der Waals surface area contributed by atoms with Gasteiger partial charge in [-0.15, -0.1) is 0 Å². The lowest BCUT2D eigenvalue weighted by molar-refractivity contribution is 0.102. The average Bonchev–Trinajstić information content (AvgIpc) is 2.48. The molecule has 3 rings (SSSR count). The highest BCUT2D eigenvalue weighted by molar-refractivity contribution is 6.04. The van der Waals surface area contributed by atoms with Crippen molar-refractivity contribution in [2.24, 2.45) is 5.73 Å². The second-order valence-corrected chi connectivity index (χ2v) is 4.69. The molecule has 1 atom stereocenters. The Morgan fingerprint density at radius 3 is 2.90 bits per heavy atom. The van der Waals surface area contributed by atoms with E-state index in [0.29, 0.717) is 23.6 Å². The van der Waals surface area contributed by atoms with Crippen molar-refractivity contribution in [1.29, 1.82) is 0 Å². The molecule has 1 aliphatic rings. The molecular weight excluding hydrogens is 254 g/mol. The van der Waals surface area contributed by atoms with Gasteiger partial charge in [-0.25, -0.2) is 0 Å². The third-order valence-corrected chi connectivity index (χ3v) is 3.30. The maximum atomic E-state index is 12.2. The molecule has 3 N–H and O–H groups in total. The number of fused-ring (bicyclic) bond motifs is 1. The number of aromatic nitrogens is 1. The van der Waals surface area contributed by atoms with E-state index in [1.807, 2.05) is 6.07 Å². The van der Waals surface area contributed by atoms with E-state index in [1.54, 1.807) is 36.7 Å². The van der Waals surface area contributed by atoms with E-state index >= 15 is 0 Å². The number of anilines is 1. The number of nitrogens with one attached hydrogen (secondary N) is 1. The minimum atomic E-state index is -0.179. The first-order chi connectivity index (χ1) is 9.74. The molecule has 0 aliphatic carbocycles. The second kappa shape index (κ2) is 5.30. The Hall–Kier alpha value is -2.40. The average molecular weight is 269 g/mol. The lowest BCUT2D eigenvalue weighted by Crippen LogP contribution is -2.21. The molecule has 2 heterocycles. The van der Waals surface area contributed by atoms with Crippen LogP contribution in [0.25, 0.3) is 0 Å². The molecule has 0 bridgehead atoms. The van der Waals surface area contributed by atoms with Crippen molar-refractivity contribution in [1.82, 2.24) is 4.98 Å². The van der Waals surface area contributed by atoms with E-state index in [4.69, 9.17) is 10.5 Å². The summed E-state index contributed by atoms with van der Waals surface area (Å²) >= 11 is 0.